The van der Waals surface area contributed by atoms with Crippen molar-refractivity contribution in [3.8, 4) is 5.75 Å². The van der Waals surface area contributed by atoms with Crippen LogP contribution in [0, 0.1) is 13.8 Å². The Morgan fingerprint density at radius 3 is 2.50 bits per heavy atom. The smallest absolute Gasteiger partial charge is 0.256 e. The number of amides is 1. The van der Waals surface area contributed by atoms with Crippen LogP contribution in [0.4, 0.5) is 0 Å². The Bertz CT molecular complexity index is 1060. The minimum absolute atomic E-state index is 0.0838. The van der Waals surface area contributed by atoms with Crippen LogP contribution in [-0.4, -0.2) is 55.3 Å². The largest absolute Gasteiger partial charge is 0.497 e. The predicted octanol–water partition coefficient (Wildman–Crippen LogP) is 2.08. The van der Waals surface area contributed by atoms with E-state index in [2.05, 4.69) is 4.98 Å². The number of hydrogen-bond donors (Lipinski definition) is 0. The highest BCUT2D eigenvalue weighted by atomic mass is 32.2. The predicted molar refractivity (Wildman–Crippen MR) is 104 cm³/mol. The van der Waals surface area contributed by atoms with Gasteiger partial charge in [0, 0.05) is 25.8 Å². The van der Waals surface area contributed by atoms with Gasteiger partial charge in [-0.25, -0.2) is 8.42 Å². The molecule has 1 aromatic heterocycles. The highest BCUT2D eigenvalue weighted by molar-refractivity contribution is 7.89. The van der Waals surface area contributed by atoms with E-state index in [-0.39, 0.29) is 19.0 Å². The number of aromatic nitrogens is 1. The van der Waals surface area contributed by atoms with Crippen molar-refractivity contribution >= 4 is 15.9 Å². The van der Waals surface area contributed by atoms with Crippen LogP contribution in [0.1, 0.15) is 34.1 Å². The van der Waals surface area contributed by atoms with Crippen LogP contribution < -0.4 is 4.74 Å². The standard InChI is InChI=1S/C20H23N3O4S/c1-13-10-15(27-4)11-14(2)17(13)28(25,26)22-8-9-23-19(24)16-6-5-7-21-18(16)20(23,3)12-22/h5-7,10-11H,8-9,12H2,1-4H3/t20-/m1/s1. The van der Waals surface area contributed by atoms with Gasteiger partial charge < -0.3 is 9.64 Å². The molecule has 28 heavy (non-hydrogen) atoms. The fraction of sp³-hybridized carbons (Fsp3) is 0.400. The van der Waals surface area contributed by atoms with Gasteiger partial charge in [0.15, 0.2) is 0 Å². The van der Waals surface area contributed by atoms with Crippen LogP contribution in [0.5, 0.6) is 5.75 Å². The van der Waals surface area contributed by atoms with Crippen molar-refractivity contribution in [3.05, 3.63) is 52.8 Å². The van der Waals surface area contributed by atoms with Crippen LogP contribution >= 0.6 is 0 Å². The maximum Gasteiger partial charge on any atom is 0.256 e. The molecule has 7 nitrogen and oxygen atoms in total. The number of pyridine rings is 1. The molecule has 1 saturated heterocycles. The fourth-order valence-electron chi connectivity index (χ4n) is 4.42. The molecule has 2 aliphatic heterocycles. The molecule has 0 aliphatic carbocycles. The first kappa shape index (κ1) is 18.9. The number of benzene rings is 1. The molecule has 0 unspecified atom stereocenters. The van der Waals surface area contributed by atoms with Crippen molar-refractivity contribution in [3.63, 3.8) is 0 Å². The van der Waals surface area contributed by atoms with Crippen molar-refractivity contribution in [1.29, 1.82) is 0 Å². The number of hydrogen-bond acceptors (Lipinski definition) is 5. The van der Waals surface area contributed by atoms with Crippen LogP contribution in [0.2, 0.25) is 0 Å². The first-order valence-electron chi connectivity index (χ1n) is 9.13. The van der Waals surface area contributed by atoms with Crippen LogP contribution in [0.15, 0.2) is 35.4 Å². The summed E-state index contributed by atoms with van der Waals surface area (Å²) in [4.78, 5) is 19.2. The lowest BCUT2D eigenvalue weighted by atomic mass is 9.95. The molecule has 8 heteroatoms. The Morgan fingerprint density at radius 1 is 1.18 bits per heavy atom. The number of ether oxygens (including phenoxy) is 1. The number of nitrogens with zero attached hydrogens (tertiary/aromatic N) is 3. The Balaban J connectivity index is 1.76. The van der Waals surface area contributed by atoms with E-state index in [9.17, 15) is 13.2 Å². The monoisotopic (exact) mass is 401 g/mol. The van der Waals surface area contributed by atoms with Crippen molar-refractivity contribution in [2.45, 2.75) is 31.2 Å². The van der Waals surface area contributed by atoms with Crippen molar-refractivity contribution < 1.29 is 17.9 Å². The molecule has 2 aromatic rings. The zero-order valence-corrected chi connectivity index (χ0v) is 17.2. The minimum Gasteiger partial charge on any atom is -0.497 e. The third-order valence-corrected chi connectivity index (χ3v) is 7.87. The van der Waals surface area contributed by atoms with E-state index in [4.69, 9.17) is 4.74 Å². The van der Waals surface area contributed by atoms with Gasteiger partial charge in [-0.3, -0.25) is 9.78 Å². The lowest BCUT2D eigenvalue weighted by molar-refractivity contribution is 0.0365. The van der Waals surface area contributed by atoms with Gasteiger partial charge in [-0.15, -0.1) is 0 Å². The molecule has 1 amide bonds. The molecule has 0 bridgehead atoms. The quantitative estimate of drug-likeness (QED) is 0.787. The summed E-state index contributed by atoms with van der Waals surface area (Å²) >= 11 is 0. The lowest BCUT2D eigenvalue weighted by Gasteiger charge is -2.44. The normalized spacial score (nSPS) is 22.1. The number of carbonyl (C=O) groups excluding carboxylic acids is 1. The highest BCUT2D eigenvalue weighted by Crippen LogP contribution is 2.41. The van der Waals surface area contributed by atoms with E-state index in [1.165, 1.54) is 4.31 Å². The van der Waals surface area contributed by atoms with Crippen LogP contribution in [0.3, 0.4) is 0 Å². The summed E-state index contributed by atoms with van der Waals surface area (Å²) in [6, 6.07) is 6.95. The van der Waals surface area contributed by atoms with Gasteiger partial charge >= 0.3 is 0 Å². The summed E-state index contributed by atoms with van der Waals surface area (Å²) in [6.07, 6.45) is 1.64. The summed E-state index contributed by atoms with van der Waals surface area (Å²) in [7, 11) is -2.17. The molecular weight excluding hydrogens is 378 g/mol. The third kappa shape index (κ3) is 2.55. The average Bonchev–Trinajstić information content (AvgIpc) is 2.88. The molecule has 148 valence electrons. The van der Waals surface area contributed by atoms with E-state index >= 15 is 0 Å². The van der Waals surface area contributed by atoms with E-state index in [1.54, 1.807) is 56.3 Å². The van der Waals surface area contributed by atoms with Crippen molar-refractivity contribution in [1.82, 2.24) is 14.2 Å². The SMILES string of the molecule is COc1cc(C)c(S(=O)(=O)N2CCN3C(=O)c4cccnc4[C@@]3(C)C2)c(C)c1. The molecule has 4 rings (SSSR count). The van der Waals surface area contributed by atoms with Gasteiger partial charge in [0.05, 0.1) is 28.8 Å². The molecule has 3 heterocycles. The minimum atomic E-state index is -3.73. The Kier molecular flexibility index (Phi) is 4.24. The summed E-state index contributed by atoms with van der Waals surface area (Å²) in [5.74, 6) is 0.546. The van der Waals surface area contributed by atoms with Gasteiger partial charge in [0.2, 0.25) is 10.0 Å². The Morgan fingerprint density at radius 2 is 1.86 bits per heavy atom. The Hall–Kier alpha value is -2.45. The van der Waals surface area contributed by atoms with E-state index < -0.39 is 15.6 Å². The van der Waals surface area contributed by atoms with E-state index in [0.717, 1.165) is 0 Å². The number of piperazine rings is 1. The zero-order chi connectivity index (χ0) is 20.3. The zero-order valence-electron chi connectivity index (χ0n) is 16.4. The van der Waals surface area contributed by atoms with Gasteiger partial charge in [-0.05, 0) is 56.2 Å². The summed E-state index contributed by atoms with van der Waals surface area (Å²) in [5.41, 5.74) is 1.72. The van der Waals surface area contributed by atoms with Gasteiger partial charge in [-0.2, -0.15) is 4.31 Å². The molecule has 1 atom stereocenters. The van der Waals surface area contributed by atoms with Crippen LogP contribution in [-0.2, 0) is 15.6 Å². The maximum atomic E-state index is 13.5. The number of aryl methyl sites for hydroxylation is 2. The second-order valence-corrected chi connectivity index (χ2v) is 9.43. The molecule has 0 N–H and O–H groups in total. The van der Waals surface area contributed by atoms with Gasteiger partial charge in [0.25, 0.3) is 5.91 Å². The number of methoxy groups -OCH3 is 1. The second kappa shape index (κ2) is 6.28. The Labute approximate surface area is 165 Å². The van der Waals surface area contributed by atoms with Crippen molar-refractivity contribution in [2.75, 3.05) is 26.7 Å². The molecule has 0 radical (unpaired) electrons. The first-order valence-corrected chi connectivity index (χ1v) is 10.6. The number of carbonyl (C=O) groups is 1. The van der Waals surface area contributed by atoms with Gasteiger partial charge in [0.1, 0.15) is 5.75 Å². The highest BCUT2D eigenvalue weighted by Gasteiger charge is 2.52. The summed E-state index contributed by atoms with van der Waals surface area (Å²) in [6.45, 7) is 6.20. The number of fused-ring (bicyclic) bond motifs is 3. The lowest BCUT2D eigenvalue weighted by Crippen LogP contribution is -2.58. The molecule has 0 saturated carbocycles. The number of sulfonamides is 1. The molecular formula is C20H23N3O4S. The van der Waals surface area contributed by atoms with Crippen molar-refractivity contribution in [2.24, 2.45) is 0 Å². The summed E-state index contributed by atoms with van der Waals surface area (Å²) < 4.78 is 33.8. The second-order valence-electron chi connectivity index (χ2n) is 7.56. The van der Waals surface area contributed by atoms with E-state index in [0.29, 0.717) is 39.6 Å². The molecule has 1 aromatic carbocycles. The number of rotatable bonds is 3. The first-order chi connectivity index (χ1) is 13.2. The fourth-order valence-corrected chi connectivity index (χ4v) is 6.35. The summed E-state index contributed by atoms with van der Waals surface area (Å²) in [5, 5.41) is 0. The van der Waals surface area contributed by atoms with Crippen LogP contribution in [0.25, 0.3) is 0 Å². The molecule has 1 fully saturated rings. The molecule has 0 spiro atoms. The van der Waals surface area contributed by atoms with Gasteiger partial charge in [-0.1, -0.05) is 0 Å². The topological polar surface area (TPSA) is 79.8 Å². The third-order valence-electron chi connectivity index (χ3n) is 5.71. The molecule has 2 aliphatic rings. The average molecular weight is 401 g/mol. The maximum absolute atomic E-state index is 13.5. The van der Waals surface area contributed by atoms with E-state index in [1.807, 2.05) is 6.92 Å².